The van der Waals surface area contributed by atoms with Crippen molar-refractivity contribution in [3.05, 3.63) is 101 Å². The molecule has 5 rings (SSSR count). The van der Waals surface area contributed by atoms with Crippen molar-refractivity contribution in [2.75, 3.05) is 5.32 Å². The third-order valence-corrected chi connectivity index (χ3v) is 6.67. The molecule has 214 valence electrons. The number of aromatic nitrogens is 5. The minimum Gasteiger partial charge on any atom is -0.350 e. The highest BCUT2D eigenvalue weighted by atomic mass is 16.2. The van der Waals surface area contributed by atoms with Crippen LogP contribution in [0.2, 0.25) is 0 Å². The number of carbonyl (C=O) groups is 3. The number of imidazole rings is 1. The van der Waals surface area contributed by atoms with Gasteiger partial charge in [0.25, 0.3) is 5.91 Å². The molecule has 44 heavy (non-hydrogen) atoms. The van der Waals surface area contributed by atoms with E-state index in [1.807, 2.05) is 54.6 Å². The first-order chi connectivity index (χ1) is 21.4. The molecule has 0 fully saturated rings. The van der Waals surface area contributed by atoms with Crippen molar-refractivity contribution in [2.45, 2.75) is 19.4 Å². The number of nitrogens with zero attached hydrogens (tertiary/aromatic N) is 7. The van der Waals surface area contributed by atoms with E-state index < -0.39 is 23.5 Å². The number of ketones is 1. The van der Waals surface area contributed by atoms with Crippen LogP contribution >= 0.6 is 0 Å². The number of aryl methyl sites for hydroxylation is 1. The molecule has 1 atom stereocenters. The van der Waals surface area contributed by atoms with Gasteiger partial charge in [0.1, 0.15) is 17.7 Å². The summed E-state index contributed by atoms with van der Waals surface area (Å²) in [5, 5.41) is 37.0. The molecule has 0 aliphatic heterocycles. The number of nitrogens with one attached hydrogen (secondary N) is 3. The molecular formula is C31H22N10O3. The zero-order chi connectivity index (χ0) is 31.1. The van der Waals surface area contributed by atoms with Crippen molar-refractivity contribution in [1.29, 1.82) is 15.8 Å². The summed E-state index contributed by atoms with van der Waals surface area (Å²) in [6, 6.07) is 23.6. The van der Waals surface area contributed by atoms with E-state index in [1.165, 1.54) is 10.7 Å². The summed E-state index contributed by atoms with van der Waals surface area (Å²) in [6.07, 6.45) is 3.28. The molecule has 3 aromatic heterocycles. The maximum Gasteiger partial charge on any atom is 0.263 e. The minimum absolute atomic E-state index is 0.00630. The van der Waals surface area contributed by atoms with Gasteiger partial charge in [-0.1, -0.05) is 48.5 Å². The number of carbonyl (C=O) groups excluding carboxylic acids is 3. The van der Waals surface area contributed by atoms with Gasteiger partial charge in [-0.25, -0.2) is 14.5 Å². The molecule has 0 aliphatic rings. The van der Waals surface area contributed by atoms with E-state index in [4.69, 9.17) is 10.5 Å². The Kier molecular flexibility index (Phi) is 8.46. The van der Waals surface area contributed by atoms with Crippen LogP contribution in [0.3, 0.4) is 0 Å². The number of Topliss-reactive ketones (excluding diaryl/α,β-unsaturated/α-hetero) is 1. The Hall–Kier alpha value is -6.65. The normalized spacial score (nSPS) is 11.1. The topological polar surface area (TPSA) is 206 Å². The second kappa shape index (κ2) is 12.9. The predicted octanol–water partition coefficient (Wildman–Crippen LogP) is 3.07. The Morgan fingerprint density at radius 1 is 0.955 bits per heavy atom. The van der Waals surface area contributed by atoms with E-state index in [9.17, 15) is 19.6 Å². The summed E-state index contributed by atoms with van der Waals surface area (Å²) in [5.74, 6) is -3.17. The van der Waals surface area contributed by atoms with Crippen molar-refractivity contribution in [2.24, 2.45) is 5.92 Å². The first-order valence-corrected chi connectivity index (χ1v) is 13.3. The van der Waals surface area contributed by atoms with E-state index in [2.05, 4.69) is 30.7 Å². The summed E-state index contributed by atoms with van der Waals surface area (Å²) in [7, 11) is 0. The van der Waals surface area contributed by atoms with Gasteiger partial charge in [0.2, 0.25) is 11.9 Å². The molecule has 5 aromatic rings. The first-order valence-electron chi connectivity index (χ1n) is 13.3. The van der Waals surface area contributed by atoms with E-state index in [1.54, 1.807) is 30.5 Å². The van der Waals surface area contributed by atoms with Gasteiger partial charge in [-0.05, 0) is 29.7 Å². The molecule has 2 amide bonds. The van der Waals surface area contributed by atoms with Gasteiger partial charge in [-0.3, -0.25) is 19.7 Å². The summed E-state index contributed by atoms with van der Waals surface area (Å²) in [5.41, 5.74) is 3.08. The Morgan fingerprint density at radius 2 is 1.75 bits per heavy atom. The predicted molar refractivity (Wildman–Crippen MR) is 155 cm³/mol. The zero-order valence-electron chi connectivity index (χ0n) is 23.0. The maximum atomic E-state index is 13.0. The first kappa shape index (κ1) is 28.9. The quantitative estimate of drug-likeness (QED) is 0.207. The lowest BCUT2D eigenvalue weighted by atomic mass is 9.97. The molecular weight excluding hydrogens is 560 g/mol. The van der Waals surface area contributed by atoms with Crippen LogP contribution in [0.15, 0.2) is 73.1 Å². The maximum absolute atomic E-state index is 13.0. The van der Waals surface area contributed by atoms with Crippen molar-refractivity contribution >= 4 is 29.2 Å². The molecule has 3 heterocycles. The standard InChI is InChI=1S/C31H22N10O3/c32-14-22(29(43)35-17-20-5-2-1-3-6-20)27(42)10-9-19-7-4-8-21(13-19)24-11-12-41-28(37-24)23(18-36-41)30(44)40-31-38-25(15-33)26(16-34)39-31/h1-8,11-13,18,22H,9-10,17H2,(H,35,43)(H2,38,39,40,44). The second-order valence-electron chi connectivity index (χ2n) is 9.56. The Morgan fingerprint density at radius 3 is 2.48 bits per heavy atom. The van der Waals surface area contributed by atoms with Crippen molar-refractivity contribution < 1.29 is 14.4 Å². The van der Waals surface area contributed by atoms with Crippen LogP contribution in [-0.2, 0) is 22.6 Å². The smallest absolute Gasteiger partial charge is 0.263 e. The lowest BCUT2D eigenvalue weighted by molar-refractivity contribution is -0.131. The summed E-state index contributed by atoms with van der Waals surface area (Å²) < 4.78 is 1.43. The number of anilines is 1. The highest BCUT2D eigenvalue weighted by molar-refractivity contribution is 6.07. The fourth-order valence-corrected chi connectivity index (χ4v) is 4.42. The third-order valence-electron chi connectivity index (χ3n) is 6.67. The number of hydrogen-bond donors (Lipinski definition) is 3. The van der Waals surface area contributed by atoms with Gasteiger partial charge in [-0.15, -0.1) is 0 Å². The Balaban J connectivity index is 1.27. The van der Waals surface area contributed by atoms with Gasteiger partial charge in [0.15, 0.2) is 28.7 Å². The number of nitriles is 3. The van der Waals surface area contributed by atoms with Gasteiger partial charge < -0.3 is 10.3 Å². The monoisotopic (exact) mass is 582 g/mol. The van der Waals surface area contributed by atoms with E-state index in [0.29, 0.717) is 17.7 Å². The van der Waals surface area contributed by atoms with E-state index in [0.717, 1.165) is 11.1 Å². The molecule has 2 aromatic carbocycles. The van der Waals surface area contributed by atoms with Crippen LogP contribution in [0.5, 0.6) is 0 Å². The molecule has 0 radical (unpaired) electrons. The van der Waals surface area contributed by atoms with Crippen LogP contribution in [0.4, 0.5) is 5.95 Å². The minimum atomic E-state index is -1.41. The van der Waals surface area contributed by atoms with E-state index >= 15 is 0 Å². The Bertz CT molecular complexity index is 1980. The molecule has 3 N–H and O–H groups in total. The van der Waals surface area contributed by atoms with Crippen LogP contribution in [0.1, 0.15) is 39.3 Å². The van der Waals surface area contributed by atoms with Crippen molar-refractivity contribution in [1.82, 2.24) is 29.9 Å². The fraction of sp³-hybridized carbons (Fsp3) is 0.129. The number of aromatic amines is 1. The number of rotatable bonds is 10. The van der Waals surface area contributed by atoms with Gasteiger partial charge in [0.05, 0.1) is 18.0 Å². The van der Waals surface area contributed by atoms with Crippen molar-refractivity contribution in [3.63, 3.8) is 0 Å². The fourth-order valence-electron chi connectivity index (χ4n) is 4.42. The second-order valence-corrected chi connectivity index (χ2v) is 9.56. The van der Waals surface area contributed by atoms with Crippen LogP contribution in [0.25, 0.3) is 16.9 Å². The number of fused-ring (bicyclic) bond motifs is 1. The summed E-state index contributed by atoms with van der Waals surface area (Å²) in [4.78, 5) is 49.3. The van der Waals surface area contributed by atoms with E-state index in [-0.39, 0.29) is 41.5 Å². The summed E-state index contributed by atoms with van der Waals surface area (Å²) >= 11 is 0. The molecule has 0 spiro atoms. The van der Waals surface area contributed by atoms with Crippen LogP contribution in [-0.4, -0.2) is 42.2 Å². The molecule has 13 heteroatoms. The van der Waals surface area contributed by atoms with Gasteiger partial charge in [-0.2, -0.15) is 20.9 Å². The number of benzene rings is 2. The Labute approximate surface area is 250 Å². The van der Waals surface area contributed by atoms with Crippen molar-refractivity contribution in [3.8, 4) is 29.5 Å². The average molecular weight is 583 g/mol. The molecule has 0 saturated heterocycles. The van der Waals surface area contributed by atoms with Gasteiger partial charge >= 0.3 is 0 Å². The number of amides is 2. The highest BCUT2D eigenvalue weighted by Gasteiger charge is 2.26. The number of hydrogen-bond acceptors (Lipinski definition) is 9. The zero-order valence-corrected chi connectivity index (χ0v) is 23.0. The van der Waals surface area contributed by atoms with Crippen LogP contribution < -0.4 is 10.6 Å². The molecule has 1 unspecified atom stereocenters. The number of H-pyrrole nitrogens is 1. The molecule has 0 aliphatic carbocycles. The lowest BCUT2D eigenvalue weighted by Gasteiger charge is -2.10. The average Bonchev–Trinajstić information content (AvgIpc) is 3.67. The third kappa shape index (κ3) is 6.30. The largest absolute Gasteiger partial charge is 0.350 e. The summed E-state index contributed by atoms with van der Waals surface area (Å²) in [6.45, 7) is 0.220. The van der Waals surface area contributed by atoms with Gasteiger partial charge in [0, 0.05) is 24.7 Å². The highest BCUT2D eigenvalue weighted by Crippen LogP contribution is 2.22. The van der Waals surface area contributed by atoms with Crippen LogP contribution in [0, 0.1) is 39.9 Å². The SMILES string of the molecule is N#Cc1nc(NC(=O)c2cnn3ccc(-c4cccc(CCC(=O)C(C#N)C(=O)NCc5ccccc5)c4)nc23)[nH]c1C#N. The molecule has 0 bridgehead atoms. The molecule has 13 nitrogen and oxygen atoms in total. The lowest BCUT2D eigenvalue weighted by Crippen LogP contribution is -2.34. The molecule has 0 saturated carbocycles.